The van der Waals surface area contributed by atoms with Gasteiger partial charge in [-0.05, 0) is 38.5 Å². The highest BCUT2D eigenvalue weighted by Gasteiger charge is 2.48. The minimum absolute atomic E-state index is 0.0605. The second-order valence-corrected chi connectivity index (χ2v) is 5.30. The molecule has 0 radical (unpaired) electrons. The summed E-state index contributed by atoms with van der Waals surface area (Å²) in [4.78, 5) is 25.1. The van der Waals surface area contributed by atoms with Gasteiger partial charge in [-0.15, -0.1) is 0 Å². The number of benzene rings is 1. The number of rotatable bonds is 4. The molecule has 1 aromatic carbocycles. The molecule has 6 nitrogen and oxygen atoms in total. The molecule has 0 bridgehead atoms. The van der Waals surface area contributed by atoms with Crippen molar-refractivity contribution in [3.05, 3.63) is 29.8 Å². The van der Waals surface area contributed by atoms with Gasteiger partial charge in [-0.3, -0.25) is 4.79 Å². The lowest BCUT2D eigenvalue weighted by molar-refractivity contribution is -0.130. The summed E-state index contributed by atoms with van der Waals surface area (Å²) in [7, 11) is 0. The number of hydrogen-bond acceptors (Lipinski definition) is 4. The molecule has 0 saturated carbocycles. The first-order valence-electron chi connectivity index (χ1n) is 6.66. The van der Waals surface area contributed by atoms with Gasteiger partial charge in [-0.25, -0.2) is 9.69 Å². The summed E-state index contributed by atoms with van der Waals surface area (Å²) in [5.41, 5.74) is -0.498. The van der Waals surface area contributed by atoms with Crippen molar-refractivity contribution in [2.45, 2.75) is 32.4 Å². The van der Waals surface area contributed by atoms with E-state index in [9.17, 15) is 9.59 Å². The predicted molar refractivity (Wildman–Crippen MR) is 75.4 cm³/mol. The van der Waals surface area contributed by atoms with Crippen LogP contribution in [0.4, 0.5) is 4.79 Å². The number of urea groups is 1. The van der Waals surface area contributed by atoms with Crippen LogP contribution in [0, 0.1) is 11.3 Å². The Morgan fingerprint density at radius 1 is 1.33 bits per heavy atom. The number of nitrogens with one attached hydrogen (secondary N) is 1. The fourth-order valence-corrected chi connectivity index (χ4v) is 2.25. The summed E-state index contributed by atoms with van der Waals surface area (Å²) in [6.45, 7) is 5.23. The number of nitrogens with zero attached hydrogens (tertiary/aromatic N) is 2. The van der Waals surface area contributed by atoms with Crippen molar-refractivity contribution in [1.29, 1.82) is 5.26 Å². The van der Waals surface area contributed by atoms with Crippen molar-refractivity contribution >= 4 is 11.9 Å². The average molecular weight is 287 g/mol. The van der Waals surface area contributed by atoms with Gasteiger partial charge in [0.15, 0.2) is 0 Å². The van der Waals surface area contributed by atoms with E-state index in [-0.39, 0.29) is 12.6 Å². The molecule has 2 rings (SSSR count). The molecule has 0 aromatic heterocycles. The molecule has 0 aliphatic carbocycles. The maximum absolute atomic E-state index is 12.4. The van der Waals surface area contributed by atoms with E-state index in [2.05, 4.69) is 5.32 Å². The molecule has 1 fully saturated rings. The van der Waals surface area contributed by atoms with Gasteiger partial charge in [0.2, 0.25) is 0 Å². The van der Waals surface area contributed by atoms with Gasteiger partial charge in [0, 0.05) is 0 Å². The van der Waals surface area contributed by atoms with Crippen LogP contribution in [0.1, 0.15) is 26.3 Å². The molecule has 21 heavy (non-hydrogen) atoms. The minimum Gasteiger partial charge on any atom is -0.491 e. The Hall–Kier alpha value is -2.55. The van der Waals surface area contributed by atoms with Crippen molar-refractivity contribution in [1.82, 2.24) is 10.2 Å². The highest BCUT2D eigenvalue weighted by atomic mass is 16.5. The van der Waals surface area contributed by atoms with Gasteiger partial charge in [-0.2, -0.15) is 5.26 Å². The topological polar surface area (TPSA) is 82.4 Å². The van der Waals surface area contributed by atoms with E-state index in [4.69, 9.17) is 10.00 Å². The van der Waals surface area contributed by atoms with Crippen LogP contribution in [0.2, 0.25) is 0 Å². The van der Waals surface area contributed by atoms with Crippen molar-refractivity contribution in [3.63, 3.8) is 0 Å². The SMILES string of the molecule is CC(C)Oc1ccc(C2(C)NC(=O)N(CC#N)C2=O)cc1. The molecule has 0 spiro atoms. The van der Waals surface area contributed by atoms with E-state index in [0.717, 1.165) is 4.90 Å². The molecule has 1 atom stereocenters. The first-order chi connectivity index (χ1) is 9.88. The number of carbonyl (C=O) groups is 2. The third-order valence-corrected chi connectivity index (χ3v) is 3.31. The number of carbonyl (C=O) groups excluding carboxylic acids is 2. The largest absolute Gasteiger partial charge is 0.491 e. The van der Waals surface area contributed by atoms with E-state index < -0.39 is 17.5 Å². The maximum atomic E-state index is 12.4. The summed E-state index contributed by atoms with van der Waals surface area (Å²) < 4.78 is 5.55. The van der Waals surface area contributed by atoms with Crippen LogP contribution in [0.15, 0.2) is 24.3 Å². The lowest BCUT2D eigenvalue weighted by atomic mass is 9.92. The number of nitriles is 1. The van der Waals surface area contributed by atoms with Crippen LogP contribution in [0.25, 0.3) is 0 Å². The molecule has 1 unspecified atom stereocenters. The van der Waals surface area contributed by atoms with Crippen LogP contribution in [-0.2, 0) is 10.3 Å². The zero-order valence-corrected chi connectivity index (χ0v) is 12.2. The molecule has 1 aromatic rings. The number of hydrogen-bond donors (Lipinski definition) is 1. The Labute approximate surface area is 123 Å². The molecule has 1 aliphatic rings. The van der Waals surface area contributed by atoms with Crippen molar-refractivity contribution in [2.75, 3.05) is 6.54 Å². The van der Waals surface area contributed by atoms with E-state index in [1.807, 2.05) is 19.9 Å². The van der Waals surface area contributed by atoms with Crippen LogP contribution in [0.5, 0.6) is 5.75 Å². The fourth-order valence-electron chi connectivity index (χ4n) is 2.25. The Kier molecular flexibility index (Phi) is 3.85. The van der Waals surface area contributed by atoms with Crippen LogP contribution in [0.3, 0.4) is 0 Å². The predicted octanol–water partition coefficient (Wildman–Crippen LogP) is 1.76. The highest BCUT2D eigenvalue weighted by Crippen LogP contribution is 2.29. The van der Waals surface area contributed by atoms with Crippen LogP contribution in [-0.4, -0.2) is 29.5 Å². The van der Waals surface area contributed by atoms with Gasteiger partial charge >= 0.3 is 6.03 Å². The number of imide groups is 1. The highest BCUT2D eigenvalue weighted by molar-refractivity contribution is 6.07. The monoisotopic (exact) mass is 287 g/mol. The molecule has 1 aliphatic heterocycles. The van der Waals surface area contributed by atoms with Gasteiger partial charge in [0.1, 0.15) is 17.8 Å². The first kappa shape index (κ1) is 14.9. The van der Waals surface area contributed by atoms with E-state index >= 15 is 0 Å². The van der Waals surface area contributed by atoms with Gasteiger partial charge in [0.05, 0.1) is 12.2 Å². The number of ether oxygens (including phenoxy) is 1. The maximum Gasteiger partial charge on any atom is 0.326 e. The molecule has 1 saturated heterocycles. The van der Waals surface area contributed by atoms with Crippen molar-refractivity contribution in [2.24, 2.45) is 0 Å². The standard InChI is InChI=1S/C15H17N3O3/c1-10(2)21-12-6-4-11(5-7-12)15(3)13(19)18(9-8-16)14(20)17-15/h4-7,10H,9H2,1-3H3,(H,17,20). The third-order valence-electron chi connectivity index (χ3n) is 3.31. The minimum atomic E-state index is -1.15. The molecule has 1 N–H and O–H groups in total. The number of amides is 3. The Morgan fingerprint density at radius 3 is 2.48 bits per heavy atom. The summed E-state index contributed by atoms with van der Waals surface area (Å²) in [6.07, 6.45) is 0.0605. The summed E-state index contributed by atoms with van der Waals surface area (Å²) in [5.74, 6) is 0.273. The second-order valence-electron chi connectivity index (χ2n) is 5.30. The molecule has 110 valence electrons. The van der Waals surface area contributed by atoms with Crippen LogP contribution < -0.4 is 10.1 Å². The Balaban J connectivity index is 2.27. The fraction of sp³-hybridized carbons (Fsp3) is 0.400. The van der Waals surface area contributed by atoms with E-state index in [1.165, 1.54) is 0 Å². The summed E-state index contributed by atoms with van der Waals surface area (Å²) in [6, 6.07) is 8.26. The molecular formula is C15H17N3O3. The molecule has 6 heteroatoms. The molecule has 1 heterocycles. The van der Waals surface area contributed by atoms with Crippen molar-refractivity contribution < 1.29 is 14.3 Å². The van der Waals surface area contributed by atoms with E-state index in [0.29, 0.717) is 11.3 Å². The summed E-state index contributed by atoms with van der Waals surface area (Å²) >= 11 is 0. The zero-order valence-electron chi connectivity index (χ0n) is 12.2. The van der Waals surface area contributed by atoms with Gasteiger partial charge in [-0.1, -0.05) is 12.1 Å². The smallest absolute Gasteiger partial charge is 0.326 e. The normalized spacial score (nSPS) is 21.4. The lowest BCUT2D eigenvalue weighted by Crippen LogP contribution is -2.40. The van der Waals surface area contributed by atoms with Gasteiger partial charge < -0.3 is 10.1 Å². The Bertz CT molecular complexity index is 604. The second kappa shape index (κ2) is 5.44. The van der Waals surface area contributed by atoms with Crippen molar-refractivity contribution in [3.8, 4) is 11.8 Å². The van der Waals surface area contributed by atoms with E-state index in [1.54, 1.807) is 31.2 Å². The quantitative estimate of drug-likeness (QED) is 0.675. The molecular weight excluding hydrogens is 270 g/mol. The lowest BCUT2D eigenvalue weighted by Gasteiger charge is -2.22. The van der Waals surface area contributed by atoms with Gasteiger partial charge in [0.25, 0.3) is 5.91 Å². The average Bonchev–Trinajstić information content (AvgIpc) is 2.64. The van der Waals surface area contributed by atoms with Crippen LogP contribution >= 0.6 is 0 Å². The molecule has 3 amide bonds. The first-order valence-corrected chi connectivity index (χ1v) is 6.66. The zero-order chi connectivity index (χ0) is 15.6. The third kappa shape index (κ3) is 2.68. The Morgan fingerprint density at radius 2 is 1.95 bits per heavy atom. The summed E-state index contributed by atoms with van der Waals surface area (Å²) in [5, 5.41) is 11.3.